The van der Waals surface area contributed by atoms with Crippen LogP contribution in [-0.4, -0.2) is 22.5 Å². The molecule has 2 aliphatic rings. The van der Waals surface area contributed by atoms with Gasteiger partial charge in [-0.25, -0.2) is 9.96 Å². The van der Waals surface area contributed by atoms with Gasteiger partial charge in [-0.3, -0.25) is 23.8 Å². The first-order chi connectivity index (χ1) is 17.5. The highest BCUT2D eigenvalue weighted by Gasteiger charge is 2.61. The number of para-hydroxylation sites is 2. The quantitative estimate of drug-likeness (QED) is 0.360. The molecule has 1 aromatic heterocycles. The summed E-state index contributed by atoms with van der Waals surface area (Å²) in [5.41, 5.74) is 2.69. The first-order valence-corrected chi connectivity index (χ1v) is 12.6. The van der Waals surface area contributed by atoms with E-state index in [1.54, 1.807) is 35.4 Å². The second kappa shape index (κ2) is 8.74. The SMILES string of the molecule is Cc1cccc(N2C(=O)[C@H]3[C@@H](ON(c4ccccc4)[C@H]3c3sc(=O)n(-c4ccccc4)c3Cl)C2=O)c1. The summed E-state index contributed by atoms with van der Waals surface area (Å²) in [5.74, 6) is -1.70. The number of thiazole rings is 1. The Morgan fingerprint density at radius 3 is 2.11 bits per heavy atom. The van der Waals surface area contributed by atoms with E-state index in [4.69, 9.17) is 16.4 Å². The standard InChI is InChI=1S/C27H20ClN3O4S/c1-16-9-8-14-19(15-16)30-25(32)20-21(31(35-22(20)26(30)33)18-12-6-3-7-13-18)23-24(28)29(27(34)36-23)17-10-4-2-5-11-17/h2-15,20-22H,1H3/t20-,21-,22-/m1/s1. The molecule has 0 bridgehead atoms. The Hall–Kier alpha value is -3.72. The first-order valence-electron chi connectivity index (χ1n) is 11.4. The van der Waals surface area contributed by atoms with Crippen LogP contribution in [0.5, 0.6) is 0 Å². The largest absolute Gasteiger partial charge is 0.313 e. The Balaban J connectivity index is 1.49. The summed E-state index contributed by atoms with van der Waals surface area (Å²) in [4.78, 5) is 47.9. The van der Waals surface area contributed by atoms with Crippen LogP contribution >= 0.6 is 22.9 Å². The topological polar surface area (TPSA) is 71.8 Å². The fraction of sp³-hybridized carbons (Fsp3) is 0.148. The highest BCUT2D eigenvalue weighted by molar-refractivity contribution is 7.10. The maximum atomic E-state index is 13.8. The van der Waals surface area contributed by atoms with E-state index in [0.717, 1.165) is 16.9 Å². The van der Waals surface area contributed by atoms with E-state index in [1.807, 2.05) is 61.5 Å². The van der Waals surface area contributed by atoms with E-state index in [2.05, 4.69) is 0 Å². The smallest absolute Gasteiger partial charge is 0.273 e. The molecule has 2 aliphatic heterocycles. The maximum Gasteiger partial charge on any atom is 0.313 e. The number of amides is 2. The van der Waals surface area contributed by atoms with E-state index in [9.17, 15) is 14.4 Å². The van der Waals surface area contributed by atoms with Gasteiger partial charge in [0.25, 0.3) is 5.91 Å². The number of carbonyl (C=O) groups is 2. The van der Waals surface area contributed by atoms with Crippen LogP contribution in [0.3, 0.4) is 0 Å². The summed E-state index contributed by atoms with van der Waals surface area (Å²) in [6.45, 7) is 1.90. The van der Waals surface area contributed by atoms with Crippen molar-refractivity contribution in [3.63, 3.8) is 0 Å². The zero-order valence-corrected chi connectivity index (χ0v) is 20.6. The van der Waals surface area contributed by atoms with Gasteiger partial charge >= 0.3 is 4.87 Å². The van der Waals surface area contributed by atoms with Gasteiger partial charge in [0.1, 0.15) is 17.1 Å². The number of hydrogen-bond donors (Lipinski definition) is 0. The summed E-state index contributed by atoms with van der Waals surface area (Å²) in [7, 11) is 0. The molecular weight excluding hydrogens is 498 g/mol. The fourth-order valence-corrected chi connectivity index (χ4v) is 6.32. The minimum absolute atomic E-state index is 0.195. The van der Waals surface area contributed by atoms with E-state index >= 15 is 0 Å². The molecule has 36 heavy (non-hydrogen) atoms. The number of aromatic nitrogens is 1. The second-order valence-electron chi connectivity index (χ2n) is 8.70. The molecule has 3 atom stereocenters. The third-order valence-electron chi connectivity index (χ3n) is 6.45. The minimum atomic E-state index is -1.04. The van der Waals surface area contributed by atoms with Gasteiger partial charge in [0.15, 0.2) is 6.10 Å². The molecule has 180 valence electrons. The van der Waals surface area contributed by atoms with Crippen molar-refractivity contribution in [1.29, 1.82) is 0 Å². The predicted octanol–water partition coefficient (Wildman–Crippen LogP) is 4.91. The Labute approximate surface area is 215 Å². The lowest BCUT2D eigenvalue weighted by molar-refractivity contribution is -0.126. The molecule has 0 unspecified atom stereocenters. The van der Waals surface area contributed by atoms with E-state index in [0.29, 0.717) is 21.9 Å². The van der Waals surface area contributed by atoms with Crippen LogP contribution in [-0.2, 0) is 14.4 Å². The molecule has 0 aliphatic carbocycles. The number of fused-ring (bicyclic) bond motifs is 1. The third kappa shape index (κ3) is 3.49. The van der Waals surface area contributed by atoms with Crippen LogP contribution in [0, 0.1) is 12.8 Å². The normalized spacial score (nSPS) is 21.3. The van der Waals surface area contributed by atoms with E-state index in [1.165, 1.54) is 9.47 Å². The zero-order chi connectivity index (χ0) is 25.0. The number of anilines is 2. The average molecular weight is 518 g/mol. The number of carbonyl (C=O) groups excluding carboxylic acids is 2. The van der Waals surface area contributed by atoms with Crippen LogP contribution in [0.25, 0.3) is 5.69 Å². The number of rotatable bonds is 4. The highest BCUT2D eigenvalue weighted by atomic mass is 35.5. The van der Waals surface area contributed by atoms with Gasteiger partial charge in [0.05, 0.1) is 21.9 Å². The van der Waals surface area contributed by atoms with Crippen LogP contribution in [0.2, 0.25) is 5.15 Å². The van der Waals surface area contributed by atoms with Crippen molar-refractivity contribution in [1.82, 2.24) is 4.57 Å². The monoisotopic (exact) mass is 517 g/mol. The van der Waals surface area contributed by atoms with Crippen molar-refractivity contribution >= 4 is 46.1 Å². The molecule has 2 amide bonds. The van der Waals surface area contributed by atoms with Crippen molar-refractivity contribution in [2.24, 2.45) is 5.92 Å². The zero-order valence-electron chi connectivity index (χ0n) is 19.1. The van der Waals surface area contributed by atoms with Gasteiger partial charge in [-0.1, -0.05) is 71.5 Å². The van der Waals surface area contributed by atoms with Crippen molar-refractivity contribution in [2.75, 3.05) is 9.96 Å². The third-order valence-corrected chi connectivity index (χ3v) is 7.95. The molecule has 0 saturated carbocycles. The molecule has 6 rings (SSSR count). The van der Waals surface area contributed by atoms with Crippen LogP contribution in [0.4, 0.5) is 11.4 Å². The second-order valence-corrected chi connectivity index (χ2v) is 10.1. The highest BCUT2D eigenvalue weighted by Crippen LogP contribution is 2.50. The van der Waals surface area contributed by atoms with Gasteiger partial charge < -0.3 is 0 Å². The minimum Gasteiger partial charge on any atom is -0.273 e. The van der Waals surface area contributed by atoms with Gasteiger partial charge in [-0.05, 0) is 48.9 Å². The van der Waals surface area contributed by atoms with Crippen LogP contribution in [0.15, 0.2) is 89.7 Å². The molecule has 0 N–H and O–H groups in total. The van der Waals surface area contributed by atoms with E-state index in [-0.39, 0.29) is 15.9 Å². The number of nitrogens with zero attached hydrogens (tertiary/aromatic N) is 3. The van der Waals surface area contributed by atoms with Crippen molar-refractivity contribution < 1.29 is 14.4 Å². The number of hydroxylamine groups is 1. The Kier molecular flexibility index (Phi) is 5.52. The molecular formula is C27H20ClN3O4S. The summed E-state index contributed by atoms with van der Waals surface area (Å²) < 4.78 is 1.41. The summed E-state index contributed by atoms with van der Waals surface area (Å²) in [6.07, 6.45) is -1.04. The molecule has 2 saturated heterocycles. The number of imide groups is 1. The summed E-state index contributed by atoms with van der Waals surface area (Å²) >= 11 is 7.78. The Morgan fingerprint density at radius 1 is 0.806 bits per heavy atom. The van der Waals surface area contributed by atoms with Crippen molar-refractivity contribution in [3.05, 3.63) is 110 Å². The molecule has 0 spiro atoms. The van der Waals surface area contributed by atoms with Gasteiger partial charge in [-0.2, -0.15) is 0 Å². The number of halogens is 1. The number of aryl methyl sites for hydroxylation is 1. The maximum absolute atomic E-state index is 13.8. The molecule has 7 nitrogen and oxygen atoms in total. The van der Waals surface area contributed by atoms with Gasteiger partial charge in [-0.15, -0.1) is 0 Å². The molecule has 2 fully saturated rings. The van der Waals surface area contributed by atoms with Gasteiger partial charge in [0.2, 0.25) is 5.91 Å². The lowest BCUT2D eigenvalue weighted by atomic mass is 9.95. The van der Waals surface area contributed by atoms with Crippen LogP contribution < -0.4 is 14.8 Å². The predicted molar refractivity (Wildman–Crippen MR) is 139 cm³/mol. The lowest BCUT2D eigenvalue weighted by Crippen LogP contribution is -2.37. The lowest BCUT2D eigenvalue weighted by Gasteiger charge is -2.28. The summed E-state index contributed by atoms with van der Waals surface area (Å²) in [5, 5.41) is 1.74. The molecule has 3 aromatic carbocycles. The molecule has 0 radical (unpaired) electrons. The average Bonchev–Trinajstić information content (AvgIpc) is 3.49. The molecule has 4 aromatic rings. The molecule has 3 heterocycles. The van der Waals surface area contributed by atoms with Gasteiger partial charge in [0, 0.05) is 0 Å². The van der Waals surface area contributed by atoms with Crippen LogP contribution in [0.1, 0.15) is 16.5 Å². The fourth-order valence-electron chi connectivity index (χ4n) is 4.85. The first kappa shape index (κ1) is 22.7. The van der Waals surface area contributed by atoms with Crippen molar-refractivity contribution in [2.45, 2.75) is 19.1 Å². The molecule has 9 heteroatoms. The number of benzene rings is 3. The van der Waals surface area contributed by atoms with E-state index < -0.39 is 24.0 Å². The van der Waals surface area contributed by atoms with Crippen molar-refractivity contribution in [3.8, 4) is 5.69 Å². The summed E-state index contributed by atoms with van der Waals surface area (Å²) in [6, 6.07) is 24.7. The number of hydrogen-bond acceptors (Lipinski definition) is 6. The Bertz CT molecular complexity index is 1540. The Morgan fingerprint density at radius 2 is 1.44 bits per heavy atom.